The van der Waals surface area contributed by atoms with Gasteiger partial charge in [-0.3, -0.25) is 4.79 Å². The van der Waals surface area contributed by atoms with Crippen LogP contribution in [0.2, 0.25) is 0 Å². The van der Waals surface area contributed by atoms with Crippen molar-refractivity contribution in [3.63, 3.8) is 0 Å². The average molecular weight is 440 g/mol. The molecular weight excluding hydrogens is 419 g/mol. The summed E-state index contributed by atoms with van der Waals surface area (Å²) in [6.07, 6.45) is 5.05. The number of nitrogens with one attached hydrogen (secondary N) is 1. The highest BCUT2D eigenvalue weighted by Crippen LogP contribution is 2.42. The van der Waals surface area contributed by atoms with Crippen LogP contribution in [0.4, 0.5) is 21.7 Å². The zero-order chi connectivity index (χ0) is 22.6. The number of aromatic nitrogens is 3. The first-order valence-electron chi connectivity index (χ1n) is 10.2. The molecule has 1 saturated heterocycles. The van der Waals surface area contributed by atoms with Gasteiger partial charge in [0.05, 0.1) is 35.0 Å². The molecule has 5 rings (SSSR count). The van der Waals surface area contributed by atoms with Crippen molar-refractivity contribution >= 4 is 34.2 Å². The first-order valence-corrected chi connectivity index (χ1v) is 10.2. The maximum absolute atomic E-state index is 15.3. The zero-order valence-electron chi connectivity index (χ0n) is 17.2. The van der Waals surface area contributed by atoms with E-state index in [-0.39, 0.29) is 35.5 Å². The van der Waals surface area contributed by atoms with E-state index in [9.17, 15) is 14.7 Å². The first kappa shape index (κ1) is 20.0. The van der Waals surface area contributed by atoms with Crippen molar-refractivity contribution < 1.29 is 19.0 Å². The summed E-state index contributed by atoms with van der Waals surface area (Å²) in [4.78, 5) is 34.4. The van der Waals surface area contributed by atoms with Gasteiger partial charge in [0.2, 0.25) is 11.4 Å². The number of carboxylic acids is 1. The molecule has 10 nitrogen and oxygen atoms in total. The number of ether oxygens (including phenoxy) is 1. The van der Waals surface area contributed by atoms with Gasteiger partial charge in [0.15, 0.2) is 11.6 Å². The van der Waals surface area contributed by atoms with Crippen molar-refractivity contribution in [3.05, 3.63) is 46.3 Å². The van der Waals surface area contributed by atoms with Gasteiger partial charge in [0.25, 0.3) is 0 Å². The van der Waals surface area contributed by atoms with Crippen LogP contribution < -0.4 is 26.1 Å². The molecule has 0 saturated carbocycles. The summed E-state index contributed by atoms with van der Waals surface area (Å²) in [6.45, 7) is 3.11. The molecule has 0 spiro atoms. The number of nitrogens with two attached hydrogens (primary N) is 1. The number of benzene rings is 1. The highest BCUT2D eigenvalue weighted by Gasteiger charge is 2.33. The maximum atomic E-state index is 15.3. The van der Waals surface area contributed by atoms with Crippen molar-refractivity contribution in [1.29, 1.82) is 0 Å². The monoisotopic (exact) mass is 440 g/mol. The summed E-state index contributed by atoms with van der Waals surface area (Å²) >= 11 is 0. The molecule has 0 radical (unpaired) electrons. The summed E-state index contributed by atoms with van der Waals surface area (Å²) in [5, 5.41) is 12.6. The second kappa shape index (κ2) is 7.36. The Kier molecular flexibility index (Phi) is 4.61. The number of pyridine rings is 1. The Morgan fingerprint density at radius 3 is 2.84 bits per heavy atom. The smallest absolute Gasteiger partial charge is 0.341 e. The number of carbonyl (C=O) groups is 1. The normalized spacial score (nSPS) is 19.8. The van der Waals surface area contributed by atoms with Crippen LogP contribution in [0.15, 0.2) is 29.5 Å². The van der Waals surface area contributed by atoms with Gasteiger partial charge in [0.1, 0.15) is 17.9 Å². The fourth-order valence-corrected chi connectivity index (χ4v) is 4.34. The van der Waals surface area contributed by atoms with Gasteiger partial charge < -0.3 is 30.4 Å². The molecule has 1 fully saturated rings. The molecule has 2 atom stereocenters. The number of anilines is 3. The molecule has 166 valence electrons. The van der Waals surface area contributed by atoms with Crippen molar-refractivity contribution in [3.8, 4) is 5.75 Å². The van der Waals surface area contributed by atoms with E-state index in [4.69, 9.17) is 10.5 Å². The fraction of sp³-hybridized carbons (Fsp3) is 0.333. The minimum Gasteiger partial charge on any atom is -0.487 e. The molecule has 0 aliphatic carbocycles. The summed E-state index contributed by atoms with van der Waals surface area (Å²) in [5.74, 6) is -1.27. The zero-order valence-corrected chi connectivity index (χ0v) is 17.2. The van der Waals surface area contributed by atoms with Crippen LogP contribution in [0.5, 0.6) is 5.75 Å². The van der Waals surface area contributed by atoms with E-state index in [1.54, 1.807) is 4.57 Å². The number of hydrogen-bond donors (Lipinski definition) is 3. The summed E-state index contributed by atoms with van der Waals surface area (Å²) < 4.78 is 22.9. The van der Waals surface area contributed by atoms with Crippen LogP contribution in [-0.2, 0) is 0 Å². The number of hydrogen-bond acceptors (Lipinski definition) is 8. The third-order valence-electron chi connectivity index (χ3n) is 5.88. The Morgan fingerprint density at radius 2 is 2.12 bits per heavy atom. The molecule has 0 amide bonds. The minimum atomic E-state index is -1.34. The average Bonchev–Trinajstić information content (AvgIpc) is 3.21. The van der Waals surface area contributed by atoms with Crippen LogP contribution in [0.3, 0.4) is 0 Å². The lowest BCUT2D eigenvalue weighted by Gasteiger charge is -2.31. The van der Waals surface area contributed by atoms with Crippen molar-refractivity contribution in [2.45, 2.75) is 25.4 Å². The van der Waals surface area contributed by atoms with E-state index in [1.165, 1.54) is 18.6 Å². The molecule has 1 aromatic carbocycles. The van der Waals surface area contributed by atoms with Gasteiger partial charge in [-0.15, -0.1) is 0 Å². The van der Waals surface area contributed by atoms with Gasteiger partial charge in [-0.2, -0.15) is 0 Å². The number of nitrogens with zero attached hydrogens (tertiary/aromatic N) is 4. The second-order valence-electron chi connectivity index (χ2n) is 8.09. The number of rotatable bonds is 4. The Bertz CT molecular complexity index is 1290. The summed E-state index contributed by atoms with van der Waals surface area (Å²) in [5.41, 5.74) is 5.64. The van der Waals surface area contributed by atoms with Gasteiger partial charge in [0, 0.05) is 25.3 Å². The van der Waals surface area contributed by atoms with Crippen LogP contribution >= 0.6 is 0 Å². The van der Waals surface area contributed by atoms with Crippen LogP contribution in [-0.4, -0.2) is 51.3 Å². The molecular formula is C21H21FN6O4. The maximum Gasteiger partial charge on any atom is 0.341 e. The van der Waals surface area contributed by atoms with Crippen LogP contribution in [0, 0.1) is 5.82 Å². The predicted octanol–water partition coefficient (Wildman–Crippen LogP) is 1.86. The van der Waals surface area contributed by atoms with Crippen LogP contribution in [0.25, 0.3) is 10.9 Å². The molecule has 11 heteroatoms. The van der Waals surface area contributed by atoms with Crippen molar-refractivity contribution in [2.75, 3.05) is 35.6 Å². The van der Waals surface area contributed by atoms with E-state index in [2.05, 4.69) is 15.3 Å². The van der Waals surface area contributed by atoms with E-state index in [1.807, 2.05) is 11.8 Å². The van der Waals surface area contributed by atoms with E-state index >= 15 is 4.39 Å². The topological polar surface area (TPSA) is 136 Å². The molecule has 0 unspecified atom stereocenters. The first-order chi connectivity index (χ1) is 15.3. The minimum absolute atomic E-state index is 0.00292. The Labute approximate surface area is 181 Å². The highest BCUT2D eigenvalue weighted by atomic mass is 19.1. The van der Waals surface area contributed by atoms with E-state index in [0.29, 0.717) is 36.7 Å². The van der Waals surface area contributed by atoms with Gasteiger partial charge in [-0.25, -0.2) is 19.2 Å². The molecule has 2 aromatic heterocycles. The van der Waals surface area contributed by atoms with Crippen LogP contribution in [0.1, 0.15) is 29.7 Å². The van der Waals surface area contributed by atoms with Crippen molar-refractivity contribution in [1.82, 2.24) is 14.5 Å². The lowest BCUT2D eigenvalue weighted by Crippen LogP contribution is -2.30. The molecule has 32 heavy (non-hydrogen) atoms. The van der Waals surface area contributed by atoms with Gasteiger partial charge in [-0.1, -0.05) is 0 Å². The second-order valence-corrected chi connectivity index (χ2v) is 8.09. The largest absolute Gasteiger partial charge is 0.487 e. The van der Waals surface area contributed by atoms with Gasteiger partial charge in [-0.05, 0) is 19.4 Å². The lowest BCUT2D eigenvalue weighted by atomic mass is 10.1. The highest BCUT2D eigenvalue weighted by molar-refractivity contribution is 5.97. The molecule has 3 aromatic rings. The summed E-state index contributed by atoms with van der Waals surface area (Å²) in [7, 11) is 0. The number of halogens is 1. The standard InChI is InChI=1S/C21H21FN6O4/c1-10-9-32-19-16-13(18(29)14(20(30)31)8-28(10)16)4-15(22)17(19)27-3-2-12(7-27)26-21-24-5-11(23)6-25-21/h4-6,8,10,12H,2-3,7,9,23H2,1H3,(H,30,31)(H,24,25,26)/t10-,12+/m0/s1. The number of nitrogen functional groups attached to an aromatic ring is 1. The molecule has 2 aliphatic heterocycles. The molecule has 4 N–H and O–H groups in total. The third kappa shape index (κ3) is 3.17. The quantitative estimate of drug-likeness (QED) is 0.555. The summed E-state index contributed by atoms with van der Waals surface area (Å²) in [6, 6.07) is 0.877. The Hall–Kier alpha value is -3.89. The Balaban J connectivity index is 1.55. The number of aromatic carboxylic acids is 1. The van der Waals surface area contributed by atoms with Crippen molar-refractivity contribution in [2.24, 2.45) is 0 Å². The SMILES string of the molecule is C[C@H]1COc2c(N3CC[C@@H](Nc4ncc(N)cn4)C3)c(F)cc3c(=O)c(C(=O)O)cn1c23. The Morgan fingerprint density at radius 1 is 1.38 bits per heavy atom. The fourth-order valence-electron chi connectivity index (χ4n) is 4.34. The molecule has 4 heterocycles. The number of carboxylic acid groups (broad SMARTS) is 1. The third-order valence-corrected chi connectivity index (χ3v) is 5.88. The van der Waals surface area contributed by atoms with Gasteiger partial charge >= 0.3 is 5.97 Å². The lowest BCUT2D eigenvalue weighted by molar-refractivity contribution is 0.0694. The molecule has 2 aliphatic rings. The van der Waals surface area contributed by atoms with E-state index in [0.717, 1.165) is 6.07 Å². The molecule has 0 bridgehead atoms. The predicted molar refractivity (Wildman–Crippen MR) is 116 cm³/mol. The van der Waals surface area contributed by atoms with E-state index < -0.39 is 22.8 Å².